The maximum absolute atomic E-state index is 2.28. The van der Waals surface area contributed by atoms with Gasteiger partial charge in [-0.3, -0.25) is 0 Å². The standard InChI is InChI=1S/C18H21.Y/c1-16(12-14-17-8-4-2-5-9-17)13-15-18-10-6-3-7-11-18;/h2-11H,12-15H2,1H3;/q-1;. The van der Waals surface area contributed by atoms with Crippen LogP contribution in [0.4, 0.5) is 0 Å². The molecule has 0 aliphatic rings. The molecule has 0 fully saturated rings. The van der Waals surface area contributed by atoms with E-state index in [1.165, 1.54) is 36.8 Å². The third kappa shape index (κ3) is 6.50. The van der Waals surface area contributed by atoms with Crippen molar-refractivity contribution < 1.29 is 32.7 Å². The third-order valence-corrected chi connectivity index (χ3v) is 3.37. The van der Waals surface area contributed by atoms with Crippen molar-refractivity contribution >= 4 is 0 Å². The predicted molar refractivity (Wildman–Crippen MR) is 78.4 cm³/mol. The van der Waals surface area contributed by atoms with E-state index in [-0.39, 0.29) is 32.7 Å². The molecule has 1 radical (unpaired) electrons. The fourth-order valence-electron chi connectivity index (χ4n) is 2.13. The summed E-state index contributed by atoms with van der Waals surface area (Å²) in [6, 6.07) is 21.5. The molecule has 0 atom stereocenters. The van der Waals surface area contributed by atoms with E-state index in [4.69, 9.17) is 0 Å². The molecule has 2 rings (SSSR count). The van der Waals surface area contributed by atoms with Crippen LogP contribution in [0.2, 0.25) is 0 Å². The Bertz CT molecular complexity index is 392. The zero-order valence-electron chi connectivity index (χ0n) is 11.7. The SMILES string of the molecule is C[C-](CCc1ccccc1)CCc1ccccc1.[Y]. The minimum Gasteiger partial charge on any atom is -0.316 e. The Balaban J connectivity index is 0.00000180. The van der Waals surface area contributed by atoms with Crippen molar-refractivity contribution in [2.24, 2.45) is 0 Å². The number of rotatable bonds is 6. The fourth-order valence-corrected chi connectivity index (χ4v) is 2.13. The zero-order valence-corrected chi connectivity index (χ0v) is 14.5. The van der Waals surface area contributed by atoms with Gasteiger partial charge in [0.1, 0.15) is 0 Å². The number of hydrogen-bond donors (Lipinski definition) is 0. The molecule has 1 heteroatoms. The van der Waals surface area contributed by atoms with Gasteiger partial charge in [-0.05, 0) is 0 Å². The van der Waals surface area contributed by atoms with Gasteiger partial charge in [0.25, 0.3) is 0 Å². The van der Waals surface area contributed by atoms with Crippen molar-refractivity contribution in [3.8, 4) is 0 Å². The van der Waals surface area contributed by atoms with Crippen LogP contribution in [0.1, 0.15) is 30.9 Å². The molecule has 97 valence electrons. The van der Waals surface area contributed by atoms with E-state index < -0.39 is 0 Å². The van der Waals surface area contributed by atoms with Gasteiger partial charge in [0.2, 0.25) is 0 Å². The largest absolute Gasteiger partial charge is 0.316 e. The smallest absolute Gasteiger partial charge is 0 e. The summed E-state index contributed by atoms with van der Waals surface area (Å²) < 4.78 is 0. The minimum absolute atomic E-state index is 0. The number of benzene rings is 2. The van der Waals surface area contributed by atoms with E-state index in [1.54, 1.807) is 5.92 Å². The fraction of sp³-hybridized carbons (Fsp3) is 0.278. The molecule has 0 saturated carbocycles. The minimum atomic E-state index is 0. The van der Waals surface area contributed by atoms with Crippen molar-refractivity contribution in [1.82, 2.24) is 0 Å². The normalized spacial score (nSPS) is 10.2. The van der Waals surface area contributed by atoms with Crippen molar-refractivity contribution in [1.29, 1.82) is 0 Å². The summed E-state index contributed by atoms with van der Waals surface area (Å²) in [7, 11) is 0. The van der Waals surface area contributed by atoms with Crippen LogP contribution in [0, 0.1) is 5.92 Å². The molecule has 0 aliphatic heterocycles. The van der Waals surface area contributed by atoms with E-state index >= 15 is 0 Å². The van der Waals surface area contributed by atoms with E-state index in [0.717, 1.165) is 0 Å². The first-order chi connectivity index (χ1) is 8.84. The van der Waals surface area contributed by atoms with Gasteiger partial charge in [0.05, 0.1) is 0 Å². The quantitative estimate of drug-likeness (QED) is 0.666. The van der Waals surface area contributed by atoms with Crippen molar-refractivity contribution in [2.45, 2.75) is 32.6 Å². The molecule has 0 bridgehead atoms. The van der Waals surface area contributed by atoms with E-state index in [2.05, 4.69) is 67.6 Å². The molecule has 0 unspecified atom stereocenters. The van der Waals surface area contributed by atoms with Gasteiger partial charge in [-0.2, -0.15) is 19.8 Å². The molecule has 0 aromatic heterocycles. The van der Waals surface area contributed by atoms with E-state index in [9.17, 15) is 0 Å². The predicted octanol–water partition coefficient (Wildman–Crippen LogP) is 4.84. The Morgan fingerprint density at radius 3 is 1.42 bits per heavy atom. The summed E-state index contributed by atoms with van der Waals surface area (Å²) in [6.07, 6.45) is 4.75. The average molecular weight is 326 g/mol. The Labute approximate surface area is 142 Å². The second-order valence-corrected chi connectivity index (χ2v) is 4.93. The number of aryl methyl sites for hydroxylation is 2. The van der Waals surface area contributed by atoms with Gasteiger partial charge < -0.3 is 5.92 Å². The summed E-state index contributed by atoms with van der Waals surface area (Å²) in [6.45, 7) is 2.28. The van der Waals surface area contributed by atoms with Crippen LogP contribution in [-0.4, -0.2) is 0 Å². The molecule has 0 nitrogen and oxygen atoms in total. The zero-order chi connectivity index (χ0) is 12.6. The van der Waals surface area contributed by atoms with Gasteiger partial charge in [0.15, 0.2) is 0 Å². The molecular weight excluding hydrogens is 305 g/mol. The summed E-state index contributed by atoms with van der Waals surface area (Å²) in [5, 5.41) is 0. The summed E-state index contributed by atoms with van der Waals surface area (Å²) in [5.41, 5.74) is 2.88. The summed E-state index contributed by atoms with van der Waals surface area (Å²) in [4.78, 5) is 0. The van der Waals surface area contributed by atoms with Gasteiger partial charge in [-0.15, -0.1) is 0 Å². The summed E-state index contributed by atoms with van der Waals surface area (Å²) in [5.74, 6) is 1.60. The van der Waals surface area contributed by atoms with Crippen LogP contribution in [-0.2, 0) is 45.6 Å². The molecular formula is C18H21Y-. The van der Waals surface area contributed by atoms with Crippen LogP contribution in [0.15, 0.2) is 60.7 Å². The average Bonchev–Trinajstić information content (AvgIpc) is 2.45. The monoisotopic (exact) mass is 326 g/mol. The number of hydrogen-bond acceptors (Lipinski definition) is 0. The van der Waals surface area contributed by atoms with Crippen molar-refractivity contribution in [2.75, 3.05) is 0 Å². The van der Waals surface area contributed by atoms with Gasteiger partial charge in [0, 0.05) is 32.7 Å². The van der Waals surface area contributed by atoms with E-state index in [0.29, 0.717) is 0 Å². The van der Waals surface area contributed by atoms with E-state index in [1.807, 2.05) is 0 Å². The second kappa shape index (κ2) is 9.45. The van der Waals surface area contributed by atoms with Crippen molar-refractivity contribution in [3.63, 3.8) is 0 Å². The van der Waals surface area contributed by atoms with Crippen LogP contribution in [0.3, 0.4) is 0 Å². The first-order valence-electron chi connectivity index (χ1n) is 6.74. The molecule has 0 amide bonds. The first kappa shape index (κ1) is 16.6. The molecule has 19 heavy (non-hydrogen) atoms. The first-order valence-corrected chi connectivity index (χ1v) is 6.74. The van der Waals surface area contributed by atoms with Gasteiger partial charge >= 0.3 is 0 Å². The molecule has 0 aliphatic carbocycles. The molecule has 0 heterocycles. The summed E-state index contributed by atoms with van der Waals surface area (Å²) >= 11 is 0. The Hall–Kier alpha value is -0.456. The maximum Gasteiger partial charge on any atom is 0 e. The second-order valence-electron chi connectivity index (χ2n) is 4.93. The molecule has 0 spiro atoms. The Morgan fingerprint density at radius 1 is 0.684 bits per heavy atom. The Morgan fingerprint density at radius 2 is 1.05 bits per heavy atom. The van der Waals surface area contributed by atoms with Crippen molar-refractivity contribution in [3.05, 3.63) is 77.7 Å². The molecule has 2 aromatic rings. The topological polar surface area (TPSA) is 0 Å². The van der Waals surface area contributed by atoms with Crippen LogP contribution in [0.5, 0.6) is 0 Å². The van der Waals surface area contributed by atoms with Gasteiger partial charge in [-0.25, -0.2) is 0 Å². The molecule has 0 saturated heterocycles. The van der Waals surface area contributed by atoms with Crippen LogP contribution >= 0.6 is 0 Å². The van der Waals surface area contributed by atoms with Crippen LogP contribution < -0.4 is 0 Å². The Kier molecular flexibility index (Phi) is 8.25. The maximum atomic E-state index is 2.28. The third-order valence-electron chi connectivity index (χ3n) is 3.37. The molecule has 0 N–H and O–H groups in total. The van der Waals surface area contributed by atoms with Crippen LogP contribution in [0.25, 0.3) is 0 Å². The van der Waals surface area contributed by atoms with Gasteiger partial charge in [-0.1, -0.05) is 84.6 Å². The molecule has 2 aromatic carbocycles.